The highest BCUT2D eigenvalue weighted by atomic mass is 79.9. The molecule has 0 aromatic heterocycles. The normalized spacial score (nSPS) is 23.7. The molecule has 0 unspecified atom stereocenters. The van der Waals surface area contributed by atoms with Crippen molar-refractivity contribution in [3.8, 4) is 0 Å². The zero-order chi connectivity index (χ0) is 18.7. The standard InChI is InChI=1S/C20H25BrN2O3/c1-2-17(13-7-9-14(21)10-8-13)22-18(24)11-12-23-19(25)15-5-3-4-6-16(15)20(23)26/h7-10,15-17H,2-6,11-12H2,1H3,(H,22,24)/t15-,16-,17-/m0/s1. The number of halogens is 1. The van der Waals surface area contributed by atoms with Gasteiger partial charge in [0.1, 0.15) is 0 Å². The predicted molar refractivity (Wildman–Crippen MR) is 102 cm³/mol. The molecule has 5 nitrogen and oxygen atoms in total. The molecule has 2 aliphatic rings. The third kappa shape index (κ3) is 4.00. The van der Waals surface area contributed by atoms with E-state index in [4.69, 9.17) is 0 Å². The molecule has 26 heavy (non-hydrogen) atoms. The van der Waals surface area contributed by atoms with Crippen molar-refractivity contribution in [3.05, 3.63) is 34.3 Å². The van der Waals surface area contributed by atoms with E-state index in [0.29, 0.717) is 0 Å². The Morgan fingerprint density at radius 3 is 2.27 bits per heavy atom. The fourth-order valence-electron chi connectivity index (χ4n) is 4.05. The third-order valence-electron chi connectivity index (χ3n) is 5.51. The van der Waals surface area contributed by atoms with Crippen molar-refractivity contribution in [2.24, 2.45) is 11.8 Å². The van der Waals surface area contributed by atoms with Crippen LogP contribution in [0.25, 0.3) is 0 Å². The highest BCUT2D eigenvalue weighted by Crippen LogP contribution is 2.38. The van der Waals surface area contributed by atoms with E-state index < -0.39 is 0 Å². The van der Waals surface area contributed by atoms with E-state index in [1.54, 1.807) is 0 Å². The summed E-state index contributed by atoms with van der Waals surface area (Å²) in [7, 11) is 0. The largest absolute Gasteiger partial charge is 0.349 e. The molecule has 1 aromatic carbocycles. The van der Waals surface area contributed by atoms with E-state index in [-0.39, 0.29) is 48.6 Å². The van der Waals surface area contributed by atoms with Gasteiger partial charge in [0.25, 0.3) is 0 Å². The maximum absolute atomic E-state index is 12.5. The third-order valence-corrected chi connectivity index (χ3v) is 6.04. The van der Waals surface area contributed by atoms with Crippen LogP contribution in [0.1, 0.15) is 57.1 Å². The van der Waals surface area contributed by atoms with Gasteiger partial charge in [-0.2, -0.15) is 0 Å². The summed E-state index contributed by atoms with van der Waals surface area (Å²) in [5.41, 5.74) is 1.04. The van der Waals surface area contributed by atoms with E-state index in [2.05, 4.69) is 21.2 Å². The topological polar surface area (TPSA) is 66.5 Å². The molecular formula is C20H25BrN2O3. The van der Waals surface area contributed by atoms with Crippen molar-refractivity contribution in [2.75, 3.05) is 6.54 Å². The maximum Gasteiger partial charge on any atom is 0.233 e. The summed E-state index contributed by atoms with van der Waals surface area (Å²) in [4.78, 5) is 38.6. The summed E-state index contributed by atoms with van der Waals surface area (Å²) in [5, 5.41) is 3.02. The van der Waals surface area contributed by atoms with E-state index in [1.807, 2.05) is 31.2 Å². The summed E-state index contributed by atoms with van der Waals surface area (Å²) < 4.78 is 0.995. The van der Waals surface area contributed by atoms with Gasteiger partial charge in [-0.1, -0.05) is 47.8 Å². The quantitative estimate of drug-likeness (QED) is 0.715. The molecule has 6 heteroatoms. The Hall–Kier alpha value is -1.69. The number of benzene rings is 1. The van der Waals surface area contributed by atoms with Gasteiger partial charge in [-0.05, 0) is 37.0 Å². The van der Waals surface area contributed by atoms with Crippen molar-refractivity contribution in [1.82, 2.24) is 10.2 Å². The van der Waals surface area contributed by atoms with Gasteiger partial charge in [0.05, 0.1) is 17.9 Å². The molecule has 1 aliphatic heterocycles. The van der Waals surface area contributed by atoms with Crippen LogP contribution >= 0.6 is 15.9 Å². The second-order valence-corrected chi connectivity index (χ2v) is 8.07. The lowest BCUT2D eigenvalue weighted by molar-refractivity contribution is -0.140. The van der Waals surface area contributed by atoms with Crippen LogP contribution in [0, 0.1) is 11.8 Å². The SMILES string of the molecule is CC[C@H](NC(=O)CCN1C(=O)[C@H]2CCCC[C@@H]2C1=O)c1ccc(Br)cc1. The Morgan fingerprint density at radius 2 is 1.73 bits per heavy atom. The molecule has 3 amide bonds. The van der Waals surface area contributed by atoms with Crippen LogP contribution in [0.5, 0.6) is 0 Å². The van der Waals surface area contributed by atoms with Gasteiger partial charge >= 0.3 is 0 Å². The van der Waals surface area contributed by atoms with Gasteiger partial charge in [0.15, 0.2) is 0 Å². The molecule has 3 atom stereocenters. The lowest BCUT2D eigenvalue weighted by Gasteiger charge is -2.19. The molecule has 0 radical (unpaired) electrons. The number of amides is 3. The summed E-state index contributed by atoms with van der Waals surface area (Å²) in [6.07, 6.45) is 4.57. The summed E-state index contributed by atoms with van der Waals surface area (Å²) in [6, 6.07) is 7.80. The lowest BCUT2D eigenvalue weighted by atomic mass is 9.81. The molecule has 1 aromatic rings. The molecular weight excluding hydrogens is 396 g/mol. The first-order chi connectivity index (χ1) is 12.5. The minimum atomic E-state index is -0.148. The second kappa shape index (κ2) is 8.33. The molecule has 2 fully saturated rings. The van der Waals surface area contributed by atoms with E-state index in [1.165, 1.54) is 4.90 Å². The van der Waals surface area contributed by atoms with Crippen LogP contribution in [0.3, 0.4) is 0 Å². The number of carbonyl (C=O) groups excluding carboxylic acids is 3. The molecule has 0 spiro atoms. The molecule has 1 N–H and O–H groups in total. The number of rotatable bonds is 6. The molecule has 140 valence electrons. The monoisotopic (exact) mass is 420 g/mol. The van der Waals surface area contributed by atoms with Crippen molar-refractivity contribution < 1.29 is 14.4 Å². The van der Waals surface area contributed by atoms with Crippen molar-refractivity contribution >= 4 is 33.7 Å². The Bertz CT molecular complexity index is 665. The number of nitrogens with zero attached hydrogens (tertiary/aromatic N) is 1. The van der Waals surface area contributed by atoms with Gasteiger partial charge < -0.3 is 5.32 Å². The fraction of sp³-hybridized carbons (Fsp3) is 0.550. The van der Waals surface area contributed by atoms with Crippen LogP contribution < -0.4 is 5.32 Å². The molecule has 1 saturated carbocycles. The minimum Gasteiger partial charge on any atom is -0.349 e. The zero-order valence-corrected chi connectivity index (χ0v) is 16.6. The van der Waals surface area contributed by atoms with Crippen molar-refractivity contribution in [1.29, 1.82) is 0 Å². The van der Waals surface area contributed by atoms with E-state index in [0.717, 1.165) is 42.1 Å². The van der Waals surface area contributed by atoms with E-state index in [9.17, 15) is 14.4 Å². The highest BCUT2D eigenvalue weighted by Gasteiger charge is 2.47. The summed E-state index contributed by atoms with van der Waals surface area (Å²) >= 11 is 3.41. The fourth-order valence-corrected chi connectivity index (χ4v) is 4.31. The number of hydrogen-bond donors (Lipinski definition) is 1. The number of fused-ring (bicyclic) bond motifs is 1. The first-order valence-electron chi connectivity index (χ1n) is 9.41. The lowest BCUT2D eigenvalue weighted by Crippen LogP contribution is -2.36. The van der Waals surface area contributed by atoms with Crippen LogP contribution in [0.4, 0.5) is 0 Å². The average molecular weight is 421 g/mol. The number of nitrogens with one attached hydrogen (secondary N) is 1. The number of likely N-dealkylation sites (tertiary alicyclic amines) is 1. The molecule has 0 bridgehead atoms. The van der Waals surface area contributed by atoms with E-state index >= 15 is 0 Å². The van der Waals surface area contributed by atoms with Crippen LogP contribution in [0.2, 0.25) is 0 Å². The first-order valence-corrected chi connectivity index (χ1v) is 10.2. The number of hydrogen-bond acceptors (Lipinski definition) is 3. The van der Waals surface area contributed by atoms with Crippen LogP contribution in [0.15, 0.2) is 28.7 Å². The molecule has 1 saturated heterocycles. The average Bonchev–Trinajstić information content (AvgIpc) is 2.90. The molecule has 1 aliphatic carbocycles. The molecule has 1 heterocycles. The van der Waals surface area contributed by atoms with Crippen LogP contribution in [-0.2, 0) is 14.4 Å². The van der Waals surface area contributed by atoms with Gasteiger partial charge in [0, 0.05) is 17.4 Å². The van der Waals surface area contributed by atoms with Crippen LogP contribution in [-0.4, -0.2) is 29.2 Å². The zero-order valence-electron chi connectivity index (χ0n) is 15.0. The first kappa shape index (κ1) is 19.1. The number of imide groups is 1. The molecule has 3 rings (SSSR count). The van der Waals surface area contributed by atoms with Gasteiger partial charge in [-0.3, -0.25) is 19.3 Å². The Kier molecular flexibility index (Phi) is 6.12. The summed E-state index contributed by atoms with van der Waals surface area (Å²) in [6.45, 7) is 2.21. The predicted octanol–water partition coefficient (Wildman–Crippen LogP) is 3.58. The van der Waals surface area contributed by atoms with Crippen molar-refractivity contribution in [3.63, 3.8) is 0 Å². The van der Waals surface area contributed by atoms with Crippen molar-refractivity contribution in [2.45, 2.75) is 51.5 Å². The Labute approximate surface area is 162 Å². The van der Waals surface area contributed by atoms with Gasteiger partial charge in [-0.15, -0.1) is 0 Å². The second-order valence-electron chi connectivity index (χ2n) is 7.16. The van der Waals surface area contributed by atoms with Gasteiger partial charge in [-0.25, -0.2) is 0 Å². The highest BCUT2D eigenvalue weighted by molar-refractivity contribution is 9.10. The Balaban J connectivity index is 1.55. The van der Waals surface area contributed by atoms with Gasteiger partial charge in [0.2, 0.25) is 17.7 Å². The summed E-state index contributed by atoms with van der Waals surface area (Å²) in [5.74, 6) is -0.578. The Morgan fingerprint density at radius 1 is 1.15 bits per heavy atom. The minimum absolute atomic E-state index is 0.0665. The maximum atomic E-state index is 12.5. The number of carbonyl (C=O) groups is 3. The smallest absolute Gasteiger partial charge is 0.233 e.